The number of likely N-dealkylation sites (N-methyl/N-ethyl adjacent to an activating group) is 1. The van der Waals surface area contributed by atoms with E-state index in [-0.39, 0.29) is 0 Å². The van der Waals surface area contributed by atoms with Crippen LogP contribution in [0.1, 0.15) is 26.7 Å². The van der Waals surface area contributed by atoms with Crippen molar-refractivity contribution in [1.29, 1.82) is 0 Å². The van der Waals surface area contributed by atoms with E-state index in [2.05, 4.69) is 41.7 Å². The molecule has 1 aliphatic heterocycles. The highest BCUT2D eigenvalue weighted by Gasteiger charge is 2.22. The SMILES string of the molecule is CN(CC1CCCO1)CC(C)(C)CBr. The van der Waals surface area contributed by atoms with Crippen molar-refractivity contribution < 1.29 is 4.74 Å². The van der Waals surface area contributed by atoms with Crippen molar-refractivity contribution in [3.63, 3.8) is 0 Å². The predicted molar refractivity (Wildman–Crippen MR) is 64.0 cm³/mol. The number of nitrogens with zero attached hydrogens (tertiary/aromatic N) is 1. The summed E-state index contributed by atoms with van der Waals surface area (Å²) in [6, 6.07) is 0. The molecule has 14 heavy (non-hydrogen) atoms. The van der Waals surface area contributed by atoms with Crippen LogP contribution in [-0.2, 0) is 4.74 Å². The topological polar surface area (TPSA) is 12.5 Å². The van der Waals surface area contributed by atoms with Crippen molar-refractivity contribution in [2.75, 3.05) is 32.1 Å². The lowest BCUT2D eigenvalue weighted by atomic mass is 9.96. The number of halogens is 1. The quantitative estimate of drug-likeness (QED) is 0.707. The van der Waals surface area contributed by atoms with E-state index in [1.807, 2.05) is 0 Å². The fourth-order valence-electron chi connectivity index (χ4n) is 1.97. The molecule has 2 nitrogen and oxygen atoms in total. The minimum absolute atomic E-state index is 0.355. The third-order valence-electron chi connectivity index (χ3n) is 2.60. The van der Waals surface area contributed by atoms with E-state index in [4.69, 9.17) is 4.74 Å². The number of hydrogen-bond acceptors (Lipinski definition) is 2. The van der Waals surface area contributed by atoms with Gasteiger partial charge in [-0.15, -0.1) is 0 Å². The molecule has 1 unspecified atom stereocenters. The van der Waals surface area contributed by atoms with Crippen molar-refractivity contribution >= 4 is 15.9 Å². The van der Waals surface area contributed by atoms with Gasteiger partial charge in [-0.05, 0) is 25.3 Å². The molecule has 0 aromatic heterocycles. The first-order chi connectivity index (χ1) is 6.53. The minimum Gasteiger partial charge on any atom is -0.377 e. The summed E-state index contributed by atoms with van der Waals surface area (Å²) in [5.74, 6) is 0. The first kappa shape index (κ1) is 12.5. The molecule has 0 aliphatic carbocycles. The second-order valence-electron chi connectivity index (χ2n) is 5.13. The Labute approximate surface area is 96.1 Å². The molecule has 84 valence electrons. The lowest BCUT2D eigenvalue weighted by Gasteiger charge is -2.29. The Hall–Kier alpha value is 0.400. The normalized spacial score (nSPS) is 23.4. The van der Waals surface area contributed by atoms with Gasteiger partial charge in [0.2, 0.25) is 0 Å². The van der Waals surface area contributed by atoms with Crippen LogP contribution in [0.15, 0.2) is 0 Å². The molecule has 1 heterocycles. The molecule has 3 heteroatoms. The van der Waals surface area contributed by atoms with Gasteiger partial charge in [-0.3, -0.25) is 0 Å². The van der Waals surface area contributed by atoms with Crippen LogP contribution in [0.5, 0.6) is 0 Å². The molecule has 0 N–H and O–H groups in total. The molecule has 1 fully saturated rings. The molecule has 1 saturated heterocycles. The van der Waals surface area contributed by atoms with E-state index in [1.165, 1.54) is 12.8 Å². The summed E-state index contributed by atoms with van der Waals surface area (Å²) >= 11 is 3.55. The largest absolute Gasteiger partial charge is 0.377 e. The Morgan fingerprint density at radius 1 is 1.50 bits per heavy atom. The van der Waals surface area contributed by atoms with Gasteiger partial charge in [0.15, 0.2) is 0 Å². The second kappa shape index (κ2) is 5.47. The van der Waals surface area contributed by atoms with Crippen LogP contribution in [0, 0.1) is 5.41 Å². The van der Waals surface area contributed by atoms with Gasteiger partial charge in [0.05, 0.1) is 6.10 Å². The molecule has 0 saturated carbocycles. The average Bonchev–Trinajstić information content (AvgIpc) is 2.55. The van der Waals surface area contributed by atoms with Crippen LogP contribution in [0.4, 0.5) is 0 Å². The van der Waals surface area contributed by atoms with Gasteiger partial charge in [-0.25, -0.2) is 0 Å². The highest BCUT2D eigenvalue weighted by molar-refractivity contribution is 9.09. The first-order valence-corrected chi connectivity index (χ1v) is 6.52. The van der Waals surface area contributed by atoms with Gasteiger partial charge in [0.1, 0.15) is 0 Å². The van der Waals surface area contributed by atoms with E-state index >= 15 is 0 Å². The molecule has 0 spiro atoms. The zero-order valence-electron chi connectivity index (χ0n) is 9.55. The van der Waals surface area contributed by atoms with Gasteiger partial charge in [-0.2, -0.15) is 0 Å². The molecule has 0 bridgehead atoms. The minimum atomic E-state index is 0.355. The maximum absolute atomic E-state index is 5.62. The van der Waals surface area contributed by atoms with Gasteiger partial charge in [0.25, 0.3) is 0 Å². The zero-order chi connectivity index (χ0) is 10.6. The average molecular weight is 264 g/mol. The van der Waals surface area contributed by atoms with Gasteiger partial charge >= 0.3 is 0 Å². The molecule has 0 aromatic carbocycles. The van der Waals surface area contributed by atoms with Crippen molar-refractivity contribution in [3.05, 3.63) is 0 Å². The summed E-state index contributed by atoms with van der Waals surface area (Å²) in [6.07, 6.45) is 2.95. The summed E-state index contributed by atoms with van der Waals surface area (Å²) in [6.45, 7) is 7.73. The van der Waals surface area contributed by atoms with E-state index in [0.717, 1.165) is 25.0 Å². The molecular weight excluding hydrogens is 242 g/mol. The van der Waals surface area contributed by atoms with Crippen LogP contribution >= 0.6 is 15.9 Å². The third kappa shape index (κ3) is 4.28. The number of ether oxygens (including phenoxy) is 1. The monoisotopic (exact) mass is 263 g/mol. The summed E-state index contributed by atoms with van der Waals surface area (Å²) in [4.78, 5) is 2.39. The zero-order valence-corrected chi connectivity index (χ0v) is 11.1. The van der Waals surface area contributed by atoms with Gasteiger partial charge in [-0.1, -0.05) is 29.8 Å². The van der Waals surface area contributed by atoms with E-state index in [0.29, 0.717) is 11.5 Å². The van der Waals surface area contributed by atoms with Gasteiger partial charge in [0, 0.05) is 25.0 Å². The van der Waals surface area contributed by atoms with Crippen LogP contribution in [-0.4, -0.2) is 43.1 Å². The van der Waals surface area contributed by atoms with Crippen molar-refractivity contribution in [3.8, 4) is 0 Å². The smallest absolute Gasteiger partial charge is 0.0702 e. The fraction of sp³-hybridized carbons (Fsp3) is 1.00. The summed E-state index contributed by atoms with van der Waals surface area (Å²) < 4.78 is 5.62. The fourth-order valence-corrected chi connectivity index (χ4v) is 2.15. The van der Waals surface area contributed by atoms with Crippen molar-refractivity contribution in [2.24, 2.45) is 5.41 Å². The molecule has 0 radical (unpaired) electrons. The predicted octanol–water partition coefficient (Wildman–Crippen LogP) is 2.52. The van der Waals surface area contributed by atoms with Crippen LogP contribution < -0.4 is 0 Å². The standard InChI is InChI=1S/C11H22BrNO/c1-11(2,8-12)9-13(3)7-10-5-4-6-14-10/h10H,4-9H2,1-3H3. The summed E-state index contributed by atoms with van der Waals surface area (Å²) in [5.41, 5.74) is 0.355. The Morgan fingerprint density at radius 3 is 2.71 bits per heavy atom. The van der Waals surface area contributed by atoms with Gasteiger partial charge < -0.3 is 9.64 Å². The Bertz CT molecular complexity index is 167. The molecule has 0 aromatic rings. The molecule has 0 amide bonds. The number of hydrogen-bond donors (Lipinski definition) is 0. The Kier molecular flexibility index (Phi) is 4.88. The summed E-state index contributed by atoms with van der Waals surface area (Å²) in [7, 11) is 2.19. The van der Waals surface area contributed by atoms with E-state index < -0.39 is 0 Å². The number of alkyl halides is 1. The van der Waals surface area contributed by atoms with E-state index in [9.17, 15) is 0 Å². The van der Waals surface area contributed by atoms with Crippen molar-refractivity contribution in [2.45, 2.75) is 32.8 Å². The van der Waals surface area contributed by atoms with E-state index in [1.54, 1.807) is 0 Å². The number of rotatable bonds is 5. The molecular formula is C11H22BrNO. The highest BCUT2D eigenvalue weighted by atomic mass is 79.9. The second-order valence-corrected chi connectivity index (χ2v) is 5.69. The van der Waals surface area contributed by atoms with Crippen LogP contribution in [0.3, 0.4) is 0 Å². The maximum atomic E-state index is 5.62. The summed E-state index contributed by atoms with van der Waals surface area (Å²) in [5, 5.41) is 1.05. The van der Waals surface area contributed by atoms with Crippen LogP contribution in [0.2, 0.25) is 0 Å². The van der Waals surface area contributed by atoms with Crippen molar-refractivity contribution in [1.82, 2.24) is 4.90 Å². The van der Waals surface area contributed by atoms with Crippen LogP contribution in [0.25, 0.3) is 0 Å². The third-order valence-corrected chi connectivity index (χ3v) is 4.12. The lowest BCUT2D eigenvalue weighted by molar-refractivity contribution is 0.0721. The molecule has 1 atom stereocenters. The Morgan fingerprint density at radius 2 is 2.21 bits per heavy atom. The Balaban J connectivity index is 2.23. The first-order valence-electron chi connectivity index (χ1n) is 5.39. The lowest BCUT2D eigenvalue weighted by Crippen LogP contribution is -2.37. The highest BCUT2D eigenvalue weighted by Crippen LogP contribution is 2.20. The molecule has 1 aliphatic rings. The molecule has 1 rings (SSSR count). The maximum Gasteiger partial charge on any atom is 0.0702 e.